The molecule has 162 valence electrons. The number of benzene rings is 1. The fourth-order valence-electron chi connectivity index (χ4n) is 4.85. The van der Waals surface area contributed by atoms with Crippen molar-refractivity contribution in [3.63, 3.8) is 0 Å². The molecule has 1 fully saturated rings. The summed E-state index contributed by atoms with van der Waals surface area (Å²) in [6.07, 6.45) is 8.53. The lowest BCUT2D eigenvalue weighted by Gasteiger charge is -2.30. The molecule has 0 saturated heterocycles. The number of aryl methyl sites for hydroxylation is 2. The van der Waals surface area contributed by atoms with Gasteiger partial charge in [-0.3, -0.25) is 9.78 Å². The van der Waals surface area contributed by atoms with E-state index in [1.807, 2.05) is 12.1 Å². The first-order chi connectivity index (χ1) is 15.0. The molecule has 5 rings (SSSR count). The minimum Gasteiger partial charge on any atom is -0.268 e. The number of hydrogen-bond donors (Lipinski definition) is 1. The van der Waals surface area contributed by atoms with Gasteiger partial charge in [-0.25, -0.2) is 17.8 Å². The Morgan fingerprint density at radius 1 is 1.00 bits per heavy atom. The first-order valence-corrected chi connectivity index (χ1v) is 12.5. The number of nitrogens with zero attached hydrogens (tertiary/aromatic N) is 3. The standard InChI is InChI=1S/C23H26N4O3S/c28-22-15-17-5-1-2-8-20(17)25-27(22)19-12-10-18(11-13-19)26-31(29,30)21-9-3-6-16-7-4-14-24-23(16)21/h3-4,6-7,9,14-15,18-19,26H,1-2,5,8,10-13H2. The maximum absolute atomic E-state index is 13.1. The maximum Gasteiger partial charge on any atom is 0.267 e. The largest absolute Gasteiger partial charge is 0.268 e. The van der Waals surface area contributed by atoms with Crippen LogP contribution in [0.4, 0.5) is 0 Å². The normalized spacial score (nSPS) is 21.7. The summed E-state index contributed by atoms with van der Waals surface area (Å²) in [4.78, 5) is 17.1. The van der Waals surface area contributed by atoms with Gasteiger partial charge in [-0.05, 0) is 69.1 Å². The van der Waals surface area contributed by atoms with Crippen LogP contribution < -0.4 is 10.3 Å². The topological polar surface area (TPSA) is 94.0 Å². The number of aromatic nitrogens is 3. The number of nitrogens with one attached hydrogen (secondary N) is 1. The molecular weight excluding hydrogens is 412 g/mol. The Morgan fingerprint density at radius 2 is 1.77 bits per heavy atom. The molecular formula is C23H26N4O3S. The van der Waals surface area contributed by atoms with E-state index in [2.05, 4.69) is 14.8 Å². The van der Waals surface area contributed by atoms with Crippen molar-refractivity contribution in [3.8, 4) is 0 Å². The highest BCUT2D eigenvalue weighted by Gasteiger charge is 2.29. The van der Waals surface area contributed by atoms with Crippen molar-refractivity contribution >= 4 is 20.9 Å². The molecule has 8 heteroatoms. The molecule has 2 aromatic heterocycles. The lowest BCUT2D eigenvalue weighted by Crippen LogP contribution is -2.40. The second-order valence-electron chi connectivity index (χ2n) is 8.56. The summed E-state index contributed by atoms with van der Waals surface area (Å²) in [6, 6.07) is 10.5. The lowest BCUT2D eigenvalue weighted by molar-refractivity contribution is 0.282. The van der Waals surface area contributed by atoms with Gasteiger partial charge in [-0.1, -0.05) is 18.2 Å². The van der Waals surface area contributed by atoms with Gasteiger partial charge < -0.3 is 0 Å². The number of hydrogen-bond acceptors (Lipinski definition) is 5. The van der Waals surface area contributed by atoms with Crippen molar-refractivity contribution in [2.24, 2.45) is 0 Å². The van der Waals surface area contributed by atoms with E-state index < -0.39 is 10.0 Å². The predicted molar refractivity (Wildman–Crippen MR) is 118 cm³/mol. The Kier molecular flexibility index (Phi) is 5.35. The zero-order chi connectivity index (χ0) is 21.4. The first-order valence-electron chi connectivity index (χ1n) is 11.0. The molecule has 0 bridgehead atoms. The van der Waals surface area contributed by atoms with Gasteiger partial charge in [-0.15, -0.1) is 0 Å². The summed E-state index contributed by atoms with van der Waals surface area (Å²) >= 11 is 0. The number of para-hydroxylation sites is 1. The van der Waals surface area contributed by atoms with E-state index in [1.165, 1.54) is 0 Å². The monoisotopic (exact) mass is 438 g/mol. The molecule has 2 aliphatic carbocycles. The molecule has 0 atom stereocenters. The second-order valence-corrected chi connectivity index (χ2v) is 10.2. The van der Waals surface area contributed by atoms with Crippen molar-refractivity contribution in [3.05, 3.63) is 64.2 Å². The summed E-state index contributed by atoms with van der Waals surface area (Å²) in [7, 11) is -3.69. The van der Waals surface area contributed by atoms with Crippen molar-refractivity contribution < 1.29 is 8.42 Å². The molecule has 2 heterocycles. The molecule has 0 spiro atoms. The summed E-state index contributed by atoms with van der Waals surface area (Å²) in [5.74, 6) is 0. The number of rotatable bonds is 4. The highest BCUT2D eigenvalue weighted by molar-refractivity contribution is 7.89. The molecule has 1 saturated carbocycles. The van der Waals surface area contributed by atoms with Gasteiger partial charge in [0, 0.05) is 23.7 Å². The molecule has 1 N–H and O–H groups in total. The van der Waals surface area contributed by atoms with E-state index in [0.29, 0.717) is 18.4 Å². The average Bonchev–Trinajstić information content (AvgIpc) is 2.78. The first kappa shape index (κ1) is 20.3. The quantitative estimate of drug-likeness (QED) is 0.675. The summed E-state index contributed by atoms with van der Waals surface area (Å²) in [6.45, 7) is 0. The molecule has 0 radical (unpaired) electrons. The van der Waals surface area contributed by atoms with Gasteiger partial charge in [0.15, 0.2) is 0 Å². The van der Waals surface area contributed by atoms with Crippen LogP contribution in [0.15, 0.2) is 52.3 Å². The lowest BCUT2D eigenvalue weighted by atomic mass is 9.91. The van der Waals surface area contributed by atoms with Gasteiger partial charge in [0.25, 0.3) is 5.56 Å². The van der Waals surface area contributed by atoms with Crippen LogP contribution in [0.3, 0.4) is 0 Å². The van der Waals surface area contributed by atoms with Crippen LogP contribution in [0.5, 0.6) is 0 Å². The molecule has 0 amide bonds. The zero-order valence-electron chi connectivity index (χ0n) is 17.3. The smallest absolute Gasteiger partial charge is 0.267 e. The average molecular weight is 439 g/mol. The van der Waals surface area contributed by atoms with E-state index in [1.54, 1.807) is 35.1 Å². The minimum absolute atomic E-state index is 0.0275. The van der Waals surface area contributed by atoms with Gasteiger partial charge >= 0.3 is 0 Å². The Bertz CT molecular complexity index is 1270. The summed E-state index contributed by atoms with van der Waals surface area (Å²) < 4.78 is 30.6. The third-order valence-electron chi connectivity index (χ3n) is 6.48. The van der Waals surface area contributed by atoms with Gasteiger partial charge in [-0.2, -0.15) is 5.10 Å². The molecule has 1 aromatic carbocycles. The Morgan fingerprint density at radius 3 is 2.61 bits per heavy atom. The van der Waals surface area contributed by atoms with Crippen LogP contribution in [-0.2, 0) is 22.9 Å². The fraction of sp³-hybridized carbons (Fsp3) is 0.435. The van der Waals surface area contributed by atoms with Crippen LogP contribution in [0.25, 0.3) is 10.9 Å². The van der Waals surface area contributed by atoms with Crippen molar-refractivity contribution in [2.75, 3.05) is 0 Å². The van der Waals surface area contributed by atoms with Crippen molar-refractivity contribution in [1.82, 2.24) is 19.5 Å². The SMILES string of the molecule is O=c1cc2c(nn1C1CCC(NS(=O)(=O)c3cccc4cccnc34)CC1)CCCC2. The Hall–Kier alpha value is -2.58. The molecule has 3 aromatic rings. The molecule has 7 nitrogen and oxygen atoms in total. The van der Waals surface area contributed by atoms with Gasteiger partial charge in [0.1, 0.15) is 4.90 Å². The highest BCUT2D eigenvalue weighted by atomic mass is 32.2. The van der Waals surface area contributed by atoms with Crippen LogP contribution in [0, 0.1) is 0 Å². The zero-order valence-corrected chi connectivity index (χ0v) is 18.1. The molecule has 0 aliphatic heterocycles. The molecule has 2 aliphatic rings. The number of sulfonamides is 1. The maximum atomic E-state index is 13.1. The van der Waals surface area contributed by atoms with Gasteiger partial charge in [0.05, 0.1) is 17.3 Å². The Balaban J connectivity index is 1.30. The highest BCUT2D eigenvalue weighted by Crippen LogP contribution is 2.29. The molecule has 31 heavy (non-hydrogen) atoms. The summed E-state index contributed by atoms with van der Waals surface area (Å²) in [5.41, 5.74) is 2.59. The van der Waals surface area contributed by atoms with Crippen molar-refractivity contribution in [1.29, 1.82) is 0 Å². The van der Waals surface area contributed by atoms with E-state index >= 15 is 0 Å². The van der Waals surface area contributed by atoms with E-state index in [4.69, 9.17) is 0 Å². The number of fused-ring (bicyclic) bond motifs is 2. The van der Waals surface area contributed by atoms with E-state index in [9.17, 15) is 13.2 Å². The predicted octanol–water partition coefficient (Wildman–Crippen LogP) is 3.13. The number of pyridine rings is 1. The molecule has 0 unspecified atom stereocenters. The van der Waals surface area contributed by atoms with E-state index in [0.717, 1.165) is 55.2 Å². The second kappa shape index (κ2) is 8.16. The fourth-order valence-corrected chi connectivity index (χ4v) is 6.34. The van der Waals surface area contributed by atoms with Crippen LogP contribution in [0.1, 0.15) is 55.8 Å². The van der Waals surface area contributed by atoms with Gasteiger partial charge in [0.2, 0.25) is 10.0 Å². The van der Waals surface area contributed by atoms with E-state index in [-0.39, 0.29) is 22.5 Å². The third kappa shape index (κ3) is 4.02. The van der Waals surface area contributed by atoms with Crippen LogP contribution in [-0.4, -0.2) is 29.2 Å². The third-order valence-corrected chi connectivity index (χ3v) is 8.03. The van der Waals surface area contributed by atoms with Crippen molar-refractivity contribution in [2.45, 2.75) is 68.3 Å². The minimum atomic E-state index is -3.69. The van der Waals surface area contributed by atoms with Crippen LogP contribution >= 0.6 is 0 Å². The van der Waals surface area contributed by atoms with Crippen LogP contribution in [0.2, 0.25) is 0 Å². The Labute approximate surface area is 181 Å². The summed E-state index contributed by atoms with van der Waals surface area (Å²) in [5, 5.41) is 5.47.